The van der Waals surface area contributed by atoms with Gasteiger partial charge in [-0.2, -0.15) is 0 Å². The number of Topliss-reactive ketones (excluding diaryl/α,β-unsaturated/α-hetero) is 3. The molecule has 4 aromatic carbocycles. The SMILES string of the molecule is C.CC(=O)C(CO)NC(=O)c1ccc(N)c(NC(=O)C(C)(C)C)c1.CC(=O)C(Cc1cnc[nH]1)NC(=O)c1ccc(N)c(NC(=O)C(C)(C)C)c1.CC(=O)CNC(=O)c1ccc(N)c(NC(=O)C(C)(C)C)c1.CC(C)(C)C(=O)Nc1cc(N)cc(C(=O)NC(CC2=CN=CC2)C(=O)O)c1. The second kappa shape index (κ2) is 36.9. The summed E-state index contributed by atoms with van der Waals surface area (Å²) in [5.41, 5.74) is 26.3. The average molecular weight is 1370 g/mol. The van der Waals surface area contributed by atoms with Gasteiger partial charge in [-0.05, 0) is 99.1 Å². The van der Waals surface area contributed by atoms with Gasteiger partial charge in [0, 0.05) is 98.9 Å². The second-order valence-corrected chi connectivity index (χ2v) is 27.1. The summed E-state index contributed by atoms with van der Waals surface area (Å²) >= 11 is 0. The molecule has 0 bridgehead atoms. The van der Waals surface area contributed by atoms with Gasteiger partial charge in [-0.25, -0.2) is 9.78 Å². The number of aromatic amines is 1. The molecule has 1 aliphatic heterocycles. The predicted molar refractivity (Wildman–Crippen MR) is 383 cm³/mol. The first-order chi connectivity index (χ1) is 45.3. The van der Waals surface area contributed by atoms with E-state index in [1.54, 1.807) is 120 Å². The number of nitrogens with zero attached hydrogens (tertiary/aromatic N) is 2. The Hall–Kier alpha value is -11.1. The standard InChI is InChI=1S/C19H25N5O3.C19H24N4O4.C16H23N3O4.C15H21N3O3.CH4/c1-11(25)15(8-13-9-21-10-22-13)23-17(26)12-5-6-14(20)16(7-12)24-18(27)19(2,3)4;1-19(2,3)18(27)22-14-8-12(7-13(20)9-14)16(24)23-15(17(25)26)6-11-4-5-21-10-11;1-9(21)13(8-20)18-14(22)10-5-6-11(17)12(7-10)19-15(23)16(2,3)4;1-9(19)8-17-13(20)10-5-6-11(16)12(7-10)18-14(21)15(2,3)4;/h5-7,9-10,15H,8,20H2,1-4H3,(H,21,22)(H,23,26)(H,24,27);5,7-10,15H,4,6,20H2,1-3H3,(H,22,27)(H,23,24)(H,25,26);5-7,13,20H,8,17H2,1-4H3,(H,18,22)(H,19,23);5-7H,8,16H2,1-4H3,(H,17,20)(H,18,21);1H4. The lowest BCUT2D eigenvalue weighted by atomic mass is 9.95. The van der Waals surface area contributed by atoms with Crippen molar-refractivity contribution in [2.45, 2.75) is 149 Å². The highest BCUT2D eigenvalue weighted by atomic mass is 16.4. The molecular weight excluding hydrogens is 1270 g/mol. The summed E-state index contributed by atoms with van der Waals surface area (Å²) in [4.78, 5) is 154. The van der Waals surface area contributed by atoms with E-state index in [-0.39, 0.29) is 78.2 Å². The number of anilines is 8. The summed E-state index contributed by atoms with van der Waals surface area (Å²) in [7, 11) is 0. The topological polar surface area (TPSA) is 487 Å². The van der Waals surface area contributed by atoms with Gasteiger partial charge in [0.1, 0.15) is 17.9 Å². The molecule has 536 valence electrons. The monoisotopic (exact) mass is 1370 g/mol. The Morgan fingerprint density at radius 1 is 0.515 bits per heavy atom. The lowest BCUT2D eigenvalue weighted by Crippen LogP contribution is -2.42. The van der Waals surface area contributed by atoms with Crippen LogP contribution < -0.4 is 65.5 Å². The van der Waals surface area contributed by atoms with Gasteiger partial charge in [0.15, 0.2) is 11.6 Å². The highest BCUT2D eigenvalue weighted by Crippen LogP contribution is 2.28. The number of aliphatic imine (C=N–C) groups is 1. The number of aliphatic hydroxyl groups is 1. The third-order valence-corrected chi connectivity index (χ3v) is 13.9. The zero-order valence-electron chi connectivity index (χ0n) is 58.0. The van der Waals surface area contributed by atoms with E-state index in [4.69, 9.17) is 28.0 Å². The molecule has 0 fully saturated rings. The number of nitrogen functional groups attached to an aromatic ring is 4. The first-order valence-electron chi connectivity index (χ1n) is 30.9. The van der Waals surface area contributed by atoms with E-state index in [2.05, 4.69) is 57.5 Å². The Bertz CT molecular complexity index is 3830. The summed E-state index contributed by atoms with van der Waals surface area (Å²) in [6.45, 7) is 24.8. The first kappa shape index (κ1) is 84.0. The summed E-state index contributed by atoms with van der Waals surface area (Å²) in [5, 5.41) is 39.4. The molecule has 2 heterocycles. The van der Waals surface area contributed by atoms with Crippen molar-refractivity contribution in [3.8, 4) is 0 Å². The smallest absolute Gasteiger partial charge is 0.326 e. The highest BCUT2D eigenvalue weighted by molar-refractivity contribution is 6.05. The van der Waals surface area contributed by atoms with E-state index >= 15 is 0 Å². The number of aliphatic carboxylic acids is 1. The molecular formula is C70H97N15O14. The van der Waals surface area contributed by atoms with E-state index in [1.165, 1.54) is 81.7 Å². The summed E-state index contributed by atoms with van der Waals surface area (Å²) in [6, 6.07) is 15.3. The minimum absolute atomic E-state index is 0. The second-order valence-electron chi connectivity index (χ2n) is 27.1. The number of amides is 8. The Labute approximate surface area is 576 Å². The van der Waals surface area contributed by atoms with Crippen molar-refractivity contribution in [3.63, 3.8) is 0 Å². The number of hydrogen-bond donors (Lipinski definition) is 15. The van der Waals surface area contributed by atoms with E-state index in [0.717, 1.165) is 11.3 Å². The molecule has 1 aliphatic rings. The van der Waals surface area contributed by atoms with Gasteiger partial charge in [0.2, 0.25) is 23.6 Å². The summed E-state index contributed by atoms with van der Waals surface area (Å²) in [6.07, 6.45) is 7.44. The Morgan fingerprint density at radius 2 is 0.919 bits per heavy atom. The quantitative estimate of drug-likeness (QED) is 0.0322. The number of H-pyrrole nitrogens is 1. The molecule has 29 heteroatoms. The van der Waals surface area contributed by atoms with Crippen molar-refractivity contribution in [1.29, 1.82) is 0 Å². The van der Waals surface area contributed by atoms with E-state index in [0.29, 0.717) is 63.8 Å². The number of carbonyl (C=O) groups excluding carboxylic acids is 11. The molecule has 0 radical (unpaired) electrons. The van der Waals surface area contributed by atoms with Gasteiger partial charge in [0.25, 0.3) is 23.6 Å². The van der Waals surface area contributed by atoms with Crippen molar-refractivity contribution in [1.82, 2.24) is 31.2 Å². The third-order valence-electron chi connectivity index (χ3n) is 13.9. The summed E-state index contributed by atoms with van der Waals surface area (Å²) in [5.74, 6) is -4.62. The summed E-state index contributed by atoms with van der Waals surface area (Å²) < 4.78 is 0. The number of imidazole rings is 1. The predicted octanol–water partition coefficient (Wildman–Crippen LogP) is 7.23. The van der Waals surface area contributed by atoms with Gasteiger partial charge in [-0.15, -0.1) is 0 Å². The molecule has 3 unspecified atom stereocenters. The van der Waals surface area contributed by atoms with Crippen LogP contribution in [0.2, 0.25) is 0 Å². The Morgan fingerprint density at radius 3 is 1.28 bits per heavy atom. The number of nitrogens with one attached hydrogen (secondary N) is 9. The van der Waals surface area contributed by atoms with Crippen molar-refractivity contribution in [2.75, 3.05) is 57.4 Å². The average Bonchev–Trinajstić information content (AvgIpc) is 1.24. The van der Waals surface area contributed by atoms with Crippen LogP contribution in [0.15, 0.2) is 102 Å². The van der Waals surface area contributed by atoms with Gasteiger partial charge >= 0.3 is 5.97 Å². The molecule has 8 amide bonds. The Balaban J connectivity index is 0.000000450. The van der Waals surface area contributed by atoms with Crippen molar-refractivity contribution < 1.29 is 67.7 Å². The minimum atomic E-state index is -1.14. The van der Waals surface area contributed by atoms with E-state index < -0.39 is 76.0 Å². The molecule has 19 N–H and O–H groups in total. The maximum atomic E-state index is 12.6. The molecule has 0 saturated heterocycles. The molecule has 0 saturated carbocycles. The number of benzene rings is 4. The van der Waals surface area contributed by atoms with Crippen molar-refractivity contribution in [2.24, 2.45) is 26.7 Å². The fourth-order valence-electron chi connectivity index (χ4n) is 7.72. The van der Waals surface area contributed by atoms with Crippen LogP contribution in [-0.4, -0.2) is 128 Å². The molecule has 0 spiro atoms. The van der Waals surface area contributed by atoms with Crippen molar-refractivity contribution >= 4 is 122 Å². The van der Waals surface area contributed by atoms with Crippen LogP contribution in [0.5, 0.6) is 0 Å². The number of ketones is 3. The fourth-order valence-corrected chi connectivity index (χ4v) is 7.72. The maximum Gasteiger partial charge on any atom is 0.326 e. The molecule has 6 rings (SSSR count). The van der Waals surface area contributed by atoms with Gasteiger partial charge in [0.05, 0.1) is 59.6 Å². The van der Waals surface area contributed by atoms with Gasteiger partial charge in [-0.1, -0.05) is 90.5 Å². The van der Waals surface area contributed by atoms with E-state index in [1.807, 2.05) is 0 Å². The number of aromatic nitrogens is 2. The zero-order valence-corrected chi connectivity index (χ0v) is 58.0. The number of carboxylic acids is 1. The number of hydrogen-bond acceptors (Lipinski definition) is 19. The lowest BCUT2D eigenvalue weighted by molar-refractivity contribution is -0.139. The third kappa shape index (κ3) is 28.3. The highest BCUT2D eigenvalue weighted by Gasteiger charge is 2.28. The molecule has 5 aromatic rings. The molecule has 29 nitrogen and oxygen atoms in total. The van der Waals surface area contributed by atoms with Crippen LogP contribution in [0.1, 0.15) is 171 Å². The van der Waals surface area contributed by atoms with E-state index in [9.17, 15) is 62.6 Å². The number of carbonyl (C=O) groups is 12. The van der Waals surface area contributed by atoms with Crippen LogP contribution in [0.4, 0.5) is 45.5 Å². The largest absolute Gasteiger partial charge is 0.480 e. The lowest BCUT2D eigenvalue weighted by Gasteiger charge is -2.19. The van der Waals surface area contributed by atoms with Gasteiger partial charge < -0.3 is 80.7 Å². The number of rotatable bonds is 21. The molecule has 3 atom stereocenters. The Kier molecular flexibility index (Phi) is 31.3. The zero-order chi connectivity index (χ0) is 74.4. The number of aliphatic hydroxyl groups excluding tert-OH is 1. The normalized spacial score (nSPS) is 12.5. The number of nitrogens with two attached hydrogens (primary N) is 4. The minimum Gasteiger partial charge on any atom is -0.480 e. The first-order valence-corrected chi connectivity index (χ1v) is 30.9. The molecule has 1 aromatic heterocycles. The van der Waals surface area contributed by atoms with Crippen molar-refractivity contribution in [3.05, 3.63) is 125 Å². The van der Waals surface area contributed by atoms with Crippen LogP contribution in [-0.2, 0) is 44.8 Å². The van der Waals surface area contributed by atoms with Gasteiger partial charge in [-0.3, -0.25) is 57.7 Å². The maximum absolute atomic E-state index is 12.6. The fraction of sp³-hybridized carbons (Fsp3) is 0.400. The number of carboxylic acid groups (broad SMARTS) is 1. The van der Waals surface area contributed by atoms with Crippen LogP contribution in [0.3, 0.4) is 0 Å². The van der Waals surface area contributed by atoms with Crippen LogP contribution in [0, 0.1) is 21.7 Å². The van der Waals surface area contributed by atoms with Crippen LogP contribution >= 0.6 is 0 Å². The molecule has 0 aliphatic carbocycles. The van der Waals surface area contributed by atoms with Crippen LogP contribution in [0.25, 0.3) is 0 Å². The molecule has 99 heavy (non-hydrogen) atoms.